The average Bonchev–Trinajstić information content (AvgIpc) is 2.28. The van der Waals surface area contributed by atoms with E-state index in [1.165, 1.54) is 7.11 Å². The van der Waals surface area contributed by atoms with Crippen molar-refractivity contribution in [2.75, 3.05) is 20.3 Å². The molecule has 0 saturated heterocycles. The number of rotatable bonds is 6. The molecule has 0 amide bonds. The van der Waals surface area contributed by atoms with E-state index in [1.807, 2.05) is 6.92 Å². The van der Waals surface area contributed by atoms with E-state index in [9.17, 15) is 9.59 Å². The molecular formula is C11H20O5. The summed E-state index contributed by atoms with van der Waals surface area (Å²) in [5, 5.41) is 8.91. The van der Waals surface area contributed by atoms with Crippen LogP contribution in [0.1, 0.15) is 27.2 Å². The maximum absolute atomic E-state index is 11.6. The summed E-state index contributed by atoms with van der Waals surface area (Å²) >= 11 is 0. The molecule has 0 aromatic carbocycles. The molecule has 0 fully saturated rings. The lowest BCUT2D eigenvalue weighted by atomic mass is 9.91. The van der Waals surface area contributed by atoms with E-state index in [2.05, 4.69) is 4.74 Å². The molecule has 0 radical (unpaired) electrons. The smallest absolute Gasteiger partial charge is 0.314 e. The van der Waals surface area contributed by atoms with Gasteiger partial charge in [-0.1, -0.05) is 6.92 Å². The van der Waals surface area contributed by atoms with Crippen LogP contribution in [-0.2, 0) is 19.1 Å². The molecule has 0 heterocycles. The molecule has 16 heavy (non-hydrogen) atoms. The molecule has 0 aliphatic heterocycles. The summed E-state index contributed by atoms with van der Waals surface area (Å²) in [6, 6.07) is 0. The largest absolute Gasteiger partial charge is 0.469 e. The van der Waals surface area contributed by atoms with Crippen LogP contribution in [0.25, 0.3) is 0 Å². The van der Waals surface area contributed by atoms with E-state index in [1.54, 1.807) is 13.8 Å². The second kappa shape index (κ2) is 6.48. The van der Waals surface area contributed by atoms with Gasteiger partial charge in [-0.15, -0.1) is 0 Å². The summed E-state index contributed by atoms with van der Waals surface area (Å²) in [7, 11) is 1.22. The SMILES string of the molecule is CCC(C)(C)C(=O)OCC(CO)C(=O)OC. The predicted molar refractivity (Wildman–Crippen MR) is 57.6 cm³/mol. The van der Waals surface area contributed by atoms with Crippen LogP contribution in [0.15, 0.2) is 0 Å². The number of carbonyl (C=O) groups excluding carboxylic acids is 2. The standard InChI is InChI=1S/C11H20O5/c1-5-11(2,3)10(14)16-7-8(6-12)9(13)15-4/h8,12H,5-7H2,1-4H3. The van der Waals surface area contributed by atoms with Crippen molar-refractivity contribution in [3.8, 4) is 0 Å². The van der Waals surface area contributed by atoms with Gasteiger partial charge in [0, 0.05) is 0 Å². The molecule has 1 N–H and O–H groups in total. The zero-order chi connectivity index (χ0) is 12.8. The zero-order valence-electron chi connectivity index (χ0n) is 10.3. The monoisotopic (exact) mass is 232 g/mol. The fraction of sp³-hybridized carbons (Fsp3) is 0.818. The van der Waals surface area contributed by atoms with E-state index in [0.29, 0.717) is 6.42 Å². The molecule has 0 aromatic rings. The minimum atomic E-state index is -0.804. The first-order valence-corrected chi connectivity index (χ1v) is 5.25. The molecule has 1 atom stereocenters. The number of aliphatic hydroxyl groups is 1. The van der Waals surface area contributed by atoms with Crippen LogP contribution in [0.4, 0.5) is 0 Å². The molecule has 0 spiro atoms. The second-order valence-electron chi connectivity index (χ2n) is 4.24. The topological polar surface area (TPSA) is 72.8 Å². The van der Waals surface area contributed by atoms with Crippen molar-refractivity contribution < 1.29 is 24.2 Å². The van der Waals surface area contributed by atoms with E-state index in [-0.39, 0.29) is 12.6 Å². The van der Waals surface area contributed by atoms with Gasteiger partial charge in [-0.25, -0.2) is 0 Å². The van der Waals surface area contributed by atoms with Crippen molar-refractivity contribution >= 4 is 11.9 Å². The van der Waals surface area contributed by atoms with E-state index < -0.39 is 23.9 Å². The lowest BCUT2D eigenvalue weighted by Gasteiger charge is -2.21. The van der Waals surface area contributed by atoms with Gasteiger partial charge in [-0.05, 0) is 20.3 Å². The molecule has 0 bridgehead atoms. The summed E-state index contributed by atoms with van der Waals surface area (Å²) in [4.78, 5) is 22.7. The first kappa shape index (κ1) is 14.9. The van der Waals surface area contributed by atoms with Crippen LogP contribution in [0.2, 0.25) is 0 Å². The summed E-state index contributed by atoms with van der Waals surface area (Å²) in [5.41, 5.74) is -0.573. The van der Waals surface area contributed by atoms with Crippen molar-refractivity contribution in [2.45, 2.75) is 27.2 Å². The molecular weight excluding hydrogens is 212 g/mol. The van der Waals surface area contributed by atoms with Crippen LogP contribution in [0.3, 0.4) is 0 Å². The average molecular weight is 232 g/mol. The van der Waals surface area contributed by atoms with Crippen LogP contribution in [-0.4, -0.2) is 37.4 Å². The number of aliphatic hydroxyl groups excluding tert-OH is 1. The summed E-state index contributed by atoms with van der Waals surface area (Å²) in [5.74, 6) is -1.76. The van der Waals surface area contributed by atoms with Gasteiger partial charge in [-0.2, -0.15) is 0 Å². The fourth-order valence-corrected chi connectivity index (χ4v) is 0.878. The summed E-state index contributed by atoms with van der Waals surface area (Å²) < 4.78 is 9.43. The van der Waals surface area contributed by atoms with Gasteiger partial charge in [-0.3, -0.25) is 9.59 Å². The third-order valence-electron chi connectivity index (χ3n) is 2.61. The zero-order valence-corrected chi connectivity index (χ0v) is 10.3. The number of esters is 2. The van der Waals surface area contributed by atoms with Gasteiger partial charge in [0.25, 0.3) is 0 Å². The Balaban J connectivity index is 4.23. The molecule has 5 heteroatoms. The van der Waals surface area contributed by atoms with E-state index in [0.717, 1.165) is 0 Å². The van der Waals surface area contributed by atoms with Gasteiger partial charge in [0.05, 0.1) is 19.1 Å². The third kappa shape index (κ3) is 4.18. The Bertz CT molecular complexity index is 247. The summed E-state index contributed by atoms with van der Waals surface area (Å²) in [6.07, 6.45) is 0.647. The van der Waals surface area contributed by atoms with Crippen molar-refractivity contribution in [2.24, 2.45) is 11.3 Å². The number of methoxy groups -OCH3 is 1. The molecule has 0 aliphatic rings. The molecule has 0 saturated carbocycles. The van der Waals surface area contributed by atoms with Gasteiger partial charge < -0.3 is 14.6 Å². The second-order valence-corrected chi connectivity index (χ2v) is 4.24. The molecule has 0 rings (SSSR count). The fourth-order valence-electron chi connectivity index (χ4n) is 0.878. The number of hydrogen-bond donors (Lipinski definition) is 1. The van der Waals surface area contributed by atoms with Crippen LogP contribution in [0, 0.1) is 11.3 Å². The molecule has 94 valence electrons. The normalized spacial score (nSPS) is 13.1. The quantitative estimate of drug-likeness (QED) is 0.684. The van der Waals surface area contributed by atoms with Crippen LogP contribution < -0.4 is 0 Å². The Hall–Kier alpha value is -1.10. The van der Waals surface area contributed by atoms with E-state index in [4.69, 9.17) is 9.84 Å². The maximum atomic E-state index is 11.6. The summed E-state index contributed by atoms with van der Waals surface area (Å²) in [6.45, 7) is 4.87. The molecule has 5 nitrogen and oxygen atoms in total. The molecule has 1 unspecified atom stereocenters. The first-order chi connectivity index (χ1) is 7.38. The van der Waals surface area contributed by atoms with E-state index >= 15 is 0 Å². The Labute approximate surface area is 95.7 Å². The van der Waals surface area contributed by atoms with Crippen molar-refractivity contribution in [3.63, 3.8) is 0 Å². The van der Waals surface area contributed by atoms with Crippen molar-refractivity contribution in [1.82, 2.24) is 0 Å². The van der Waals surface area contributed by atoms with Crippen molar-refractivity contribution in [1.29, 1.82) is 0 Å². The molecule has 0 aromatic heterocycles. The minimum absolute atomic E-state index is 0.147. The number of hydrogen-bond acceptors (Lipinski definition) is 5. The highest BCUT2D eigenvalue weighted by atomic mass is 16.5. The third-order valence-corrected chi connectivity index (χ3v) is 2.61. The number of ether oxygens (including phenoxy) is 2. The van der Waals surface area contributed by atoms with Crippen LogP contribution in [0.5, 0.6) is 0 Å². The van der Waals surface area contributed by atoms with Gasteiger partial charge in [0.15, 0.2) is 0 Å². The highest BCUT2D eigenvalue weighted by Crippen LogP contribution is 2.21. The van der Waals surface area contributed by atoms with Crippen molar-refractivity contribution in [3.05, 3.63) is 0 Å². The highest BCUT2D eigenvalue weighted by Gasteiger charge is 2.29. The number of carbonyl (C=O) groups is 2. The Morgan fingerprint density at radius 3 is 2.31 bits per heavy atom. The predicted octanol–water partition coefficient (Wildman–Crippen LogP) is 0.747. The van der Waals surface area contributed by atoms with Crippen LogP contribution >= 0.6 is 0 Å². The lowest BCUT2D eigenvalue weighted by Crippen LogP contribution is -2.31. The van der Waals surface area contributed by atoms with Gasteiger partial charge in [0.2, 0.25) is 0 Å². The Morgan fingerprint density at radius 2 is 1.94 bits per heavy atom. The Kier molecular flexibility index (Phi) is 6.03. The lowest BCUT2D eigenvalue weighted by molar-refractivity contribution is -0.160. The minimum Gasteiger partial charge on any atom is -0.469 e. The van der Waals surface area contributed by atoms with Gasteiger partial charge in [0.1, 0.15) is 12.5 Å². The Morgan fingerprint density at radius 1 is 1.38 bits per heavy atom. The molecule has 0 aliphatic carbocycles. The maximum Gasteiger partial charge on any atom is 0.314 e. The first-order valence-electron chi connectivity index (χ1n) is 5.25. The van der Waals surface area contributed by atoms with Gasteiger partial charge >= 0.3 is 11.9 Å². The highest BCUT2D eigenvalue weighted by molar-refractivity contribution is 5.77.